The van der Waals surface area contributed by atoms with Crippen LogP contribution in [-0.4, -0.2) is 15.7 Å². The third-order valence-electron chi connectivity index (χ3n) is 3.04. The summed E-state index contributed by atoms with van der Waals surface area (Å²) in [5.74, 6) is -0.186. The van der Waals surface area contributed by atoms with Crippen LogP contribution >= 0.6 is 0 Å². The van der Waals surface area contributed by atoms with E-state index in [-0.39, 0.29) is 11.4 Å². The Morgan fingerprint density at radius 2 is 2.05 bits per heavy atom. The van der Waals surface area contributed by atoms with Gasteiger partial charge in [-0.2, -0.15) is 5.10 Å². The molecule has 0 fully saturated rings. The first-order valence-electron chi connectivity index (χ1n) is 6.50. The molecule has 20 heavy (non-hydrogen) atoms. The maximum atomic E-state index is 12.2. The third-order valence-corrected chi connectivity index (χ3v) is 3.04. The lowest BCUT2D eigenvalue weighted by Crippen LogP contribution is -2.22. The third kappa shape index (κ3) is 2.99. The number of amides is 1. The van der Waals surface area contributed by atoms with Gasteiger partial charge in [0.1, 0.15) is 0 Å². The highest BCUT2D eigenvalue weighted by atomic mass is 16.1. The number of aryl methyl sites for hydroxylation is 1. The first-order chi connectivity index (χ1) is 9.27. The van der Waals surface area contributed by atoms with Gasteiger partial charge in [-0.05, 0) is 45.4 Å². The highest BCUT2D eigenvalue weighted by molar-refractivity contribution is 6.04. The number of carbonyl (C=O) groups is 1. The van der Waals surface area contributed by atoms with E-state index in [9.17, 15) is 4.79 Å². The van der Waals surface area contributed by atoms with E-state index in [1.807, 2.05) is 39.8 Å². The molecule has 0 unspecified atom stereocenters. The molecule has 2 rings (SSSR count). The van der Waals surface area contributed by atoms with Gasteiger partial charge in [0.2, 0.25) is 0 Å². The van der Waals surface area contributed by atoms with Crippen LogP contribution in [0.1, 0.15) is 36.7 Å². The van der Waals surface area contributed by atoms with Gasteiger partial charge < -0.3 is 11.1 Å². The highest BCUT2D eigenvalue weighted by Crippen LogP contribution is 2.19. The number of benzene rings is 1. The first kappa shape index (κ1) is 14.1. The molecule has 0 saturated heterocycles. The van der Waals surface area contributed by atoms with Crippen molar-refractivity contribution in [3.63, 3.8) is 0 Å². The van der Waals surface area contributed by atoms with Crippen LogP contribution in [0, 0.1) is 6.92 Å². The molecule has 0 aliphatic carbocycles. The standard InChI is InChI=1S/C15H20N4O/c1-10-5-6-12(16)7-13(10)18-14(20)11-8-17-19(9-11)15(2,3)4/h5-9H,16H2,1-4H3,(H,18,20). The largest absolute Gasteiger partial charge is 0.399 e. The molecule has 0 radical (unpaired) electrons. The van der Waals surface area contributed by atoms with Crippen molar-refractivity contribution in [3.05, 3.63) is 41.7 Å². The van der Waals surface area contributed by atoms with Gasteiger partial charge in [-0.1, -0.05) is 6.07 Å². The lowest BCUT2D eigenvalue weighted by molar-refractivity contribution is 0.102. The van der Waals surface area contributed by atoms with Crippen molar-refractivity contribution in [1.82, 2.24) is 9.78 Å². The van der Waals surface area contributed by atoms with Crippen molar-refractivity contribution in [2.45, 2.75) is 33.2 Å². The Bertz CT molecular complexity index is 638. The predicted molar refractivity (Wildman–Crippen MR) is 80.8 cm³/mol. The lowest BCUT2D eigenvalue weighted by atomic mass is 10.1. The van der Waals surface area contributed by atoms with Crippen molar-refractivity contribution in [2.75, 3.05) is 11.1 Å². The summed E-state index contributed by atoms with van der Waals surface area (Å²) >= 11 is 0. The van der Waals surface area contributed by atoms with Gasteiger partial charge in [-0.3, -0.25) is 9.48 Å². The summed E-state index contributed by atoms with van der Waals surface area (Å²) in [6.45, 7) is 8.02. The summed E-state index contributed by atoms with van der Waals surface area (Å²) in [5.41, 5.74) is 8.43. The van der Waals surface area contributed by atoms with Crippen LogP contribution in [0.2, 0.25) is 0 Å². The molecular formula is C15H20N4O. The average molecular weight is 272 g/mol. The SMILES string of the molecule is Cc1ccc(N)cc1NC(=O)c1cnn(C(C)(C)C)c1. The molecule has 1 amide bonds. The number of carbonyl (C=O) groups excluding carboxylic acids is 1. The molecule has 0 aliphatic heterocycles. The number of nitrogens with one attached hydrogen (secondary N) is 1. The molecular weight excluding hydrogens is 252 g/mol. The molecule has 3 N–H and O–H groups in total. The van der Waals surface area contributed by atoms with Gasteiger partial charge in [0, 0.05) is 17.6 Å². The molecule has 0 spiro atoms. The Morgan fingerprint density at radius 1 is 1.35 bits per heavy atom. The van der Waals surface area contributed by atoms with Crippen LogP contribution in [0.15, 0.2) is 30.6 Å². The quantitative estimate of drug-likeness (QED) is 0.826. The predicted octanol–water partition coefficient (Wildman–Crippen LogP) is 2.78. The van der Waals surface area contributed by atoms with Crippen molar-refractivity contribution in [3.8, 4) is 0 Å². The molecule has 0 aliphatic rings. The average Bonchev–Trinajstić information content (AvgIpc) is 2.83. The fourth-order valence-electron chi connectivity index (χ4n) is 1.78. The number of nitrogen functional groups attached to an aromatic ring is 1. The summed E-state index contributed by atoms with van der Waals surface area (Å²) in [6, 6.07) is 5.44. The van der Waals surface area contributed by atoms with E-state index in [0.717, 1.165) is 11.3 Å². The molecule has 0 bridgehead atoms. The Kier molecular flexibility index (Phi) is 3.53. The van der Waals surface area contributed by atoms with Crippen molar-refractivity contribution < 1.29 is 4.79 Å². The normalized spacial score (nSPS) is 11.4. The van der Waals surface area contributed by atoms with E-state index >= 15 is 0 Å². The number of hydrogen-bond donors (Lipinski definition) is 2. The molecule has 1 aromatic heterocycles. The number of aromatic nitrogens is 2. The smallest absolute Gasteiger partial charge is 0.258 e. The number of anilines is 2. The monoisotopic (exact) mass is 272 g/mol. The molecule has 2 aromatic rings. The zero-order valence-corrected chi connectivity index (χ0v) is 12.3. The summed E-state index contributed by atoms with van der Waals surface area (Å²) in [4.78, 5) is 12.2. The maximum Gasteiger partial charge on any atom is 0.258 e. The first-order valence-corrected chi connectivity index (χ1v) is 6.50. The summed E-state index contributed by atoms with van der Waals surface area (Å²) in [7, 11) is 0. The van der Waals surface area contributed by atoms with Crippen LogP contribution < -0.4 is 11.1 Å². The van der Waals surface area contributed by atoms with Crippen molar-refractivity contribution in [1.29, 1.82) is 0 Å². The van der Waals surface area contributed by atoms with Crippen LogP contribution in [0.3, 0.4) is 0 Å². The number of nitrogens with two attached hydrogens (primary N) is 1. The minimum Gasteiger partial charge on any atom is -0.399 e. The van der Waals surface area contributed by atoms with Gasteiger partial charge in [-0.15, -0.1) is 0 Å². The lowest BCUT2D eigenvalue weighted by Gasteiger charge is -2.18. The van der Waals surface area contributed by atoms with Crippen LogP contribution in [-0.2, 0) is 5.54 Å². The van der Waals surface area contributed by atoms with E-state index in [4.69, 9.17) is 5.73 Å². The molecule has 0 saturated carbocycles. The van der Waals surface area contributed by atoms with Gasteiger partial charge in [0.25, 0.3) is 5.91 Å². The highest BCUT2D eigenvalue weighted by Gasteiger charge is 2.17. The molecule has 5 nitrogen and oxygen atoms in total. The molecule has 106 valence electrons. The second-order valence-corrected chi connectivity index (χ2v) is 5.87. The molecule has 1 heterocycles. The molecule has 0 atom stereocenters. The second kappa shape index (κ2) is 5.00. The summed E-state index contributed by atoms with van der Waals surface area (Å²) < 4.78 is 1.77. The summed E-state index contributed by atoms with van der Waals surface area (Å²) in [5, 5.41) is 7.08. The fourth-order valence-corrected chi connectivity index (χ4v) is 1.78. The molecule has 1 aromatic carbocycles. The Balaban J connectivity index is 2.20. The summed E-state index contributed by atoms with van der Waals surface area (Å²) in [6.07, 6.45) is 3.32. The number of hydrogen-bond acceptors (Lipinski definition) is 3. The topological polar surface area (TPSA) is 72.9 Å². The maximum absolute atomic E-state index is 12.2. The zero-order valence-electron chi connectivity index (χ0n) is 12.3. The second-order valence-electron chi connectivity index (χ2n) is 5.87. The minimum absolute atomic E-state index is 0.147. The van der Waals surface area contributed by atoms with E-state index in [1.165, 1.54) is 0 Å². The molecule has 5 heteroatoms. The number of rotatable bonds is 2. The van der Waals surface area contributed by atoms with Crippen LogP contribution in [0.25, 0.3) is 0 Å². The van der Waals surface area contributed by atoms with Crippen LogP contribution in [0.5, 0.6) is 0 Å². The van der Waals surface area contributed by atoms with E-state index in [0.29, 0.717) is 11.3 Å². The zero-order chi connectivity index (χ0) is 14.9. The van der Waals surface area contributed by atoms with Gasteiger partial charge in [0.05, 0.1) is 17.3 Å². The van der Waals surface area contributed by atoms with Crippen LogP contribution in [0.4, 0.5) is 11.4 Å². The van der Waals surface area contributed by atoms with E-state index in [2.05, 4.69) is 10.4 Å². The Morgan fingerprint density at radius 3 is 2.65 bits per heavy atom. The Labute approximate surface area is 118 Å². The van der Waals surface area contributed by atoms with Gasteiger partial charge in [-0.25, -0.2) is 0 Å². The Hall–Kier alpha value is -2.30. The fraction of sp³-hybridized carbons (Fsp3) is 0.333. The van der Waals surface area contributed by atoms with Crippen molar-refractivity contribution >= 4 is 17.3 Å². The van der Waals surface area contributed by atoms with Gasteiger partial charge in [0.15, 0.2) is 0 Å². The van der Waals surface area contributed by atoms with E-state index < -0.39 is 0 Å². The number of nitrogens with zero attached hydrogens (tertiary/aromatic N) is 2. The van der Waals surface area contributed by atoms with Gasteiger partial charge >= 0.3 is 0 Å². The van der Waals surface area contributed by atoms with E-state index in [1.54, 1.807) is 23.1 Å². The van der Waals surface area contributed by atoms with Crippen molar-refractivity contribution in [2.24, 2.45) is 0 Å². The minimum atomic E-state index is -0.186.